The Labute approximate surface area is 181 Å². The van der Waals surface area contributed by atoms with Gasteiger partial charge in [-0.2, -0.15) is 0 Å². The monoisotopic (exact) mass is 417 g/mol. The summed E-state index contributed by atoms with van der Waals surface area (Å²) in [6, 6.07) is 11.2. The number of anilines is 1. The summed E-state index contributed by atoms with van der Waals surface area (Å²) < 4.78 is 12.4. The van der Waals surface area contributed by atoms with Gasteiger partial charge in [0.25, 0.3) is 5.91 Å². The first-order chi connectivity index (χ1) is 15.0. The quantitative estimate of drug-likeness (QED) is 0.527. The molecule has 1 fully saturated rings. The zero-order chi connectivity index (χ0) is 21.6. The summed E-state index contributed by atoms with van der Waals surface area (Å²) in [4.78, 5) is 26.3. The molecule has 1 spiro atoms. The molecule has 2 aromatic carbocycles. The number of carbonyl (C=O) groups excluding carboxylic acids is 2. The molecule has 0 bridgehead atoms. The van der Waals surface area contributed by atoms with Gasteiger partial charge in [0.2, 0.25) is 0 Å². The van der Waals surface area contributed by atoms with E-state index in [2.05, 4.69) is 5.32 Å². The maximum atomic E-state index is 13.3. The summed E-state index contributed by atoms with van der Waals surface area (Å²) in [5, 5.41) is 3.62. The van der Waals surface area contributed by atoms with Gasteiger partial charge in [-0.05, 0) is 63.3 Å². The first kappa shape index (κ1) is 19.9. The fraction of sp³-hybridized carbons (Fsp3) is 0.385. The van der Waals surface area contributed by atoms with E-state index in [0.717, 1.165) is 36.9 Å². The molecule has 5 nitrogen and oxygen atoms in total. The number of ketones is 1. The summed E-state index contributed by atoms with van der Waals surface area (Å²) in [5.41, 5.74) is 3.11. The van der Waals surface area contributed by atoms with E-state index in [1.807, 2.05) is 50.2 Å². The fourth-order valence-corrected chi connectivity index (χ4v) is 5.09. The van der Waals surface area contributed by atoms with Crippen LogP contribution in [0.5, 0.6) is 5.75 Å². The molecule has 5 heteroatoms. The number of para-hydroxylation sites is 1. The molecular weight excluding hydrogens is 390 g/mol. The van der Waals surface area contributed by atoms with Crippen LogP contribution in [0.25, 0.3) is 11.0 Å². The summed E-state index contributed by atoms with van der Waals surface area (Å²) >= 11 is 0. The highest BCUT2D eigenvalue weighted by molar-refractivity contribution is 6.14. The van der Waals surface area contributed by atoms with Crippen LogP contribution in [0.3, 0.4) is 0 Å². The number of furan rings is 1. The Bertz CT molecular complexity index is 1180. The second-order valence-electron chi connectivity index (χ2n) is 8.94. The number of benzene rings is 2. The lowest BCUT2D eigenvalue weighted by atomic mass is 9.83. The van der Waals surface area contributed by atoms with E-state index >= 15 is 0 Å². The molecule has 0 saturated heterocycles. The third-order valence-electron chi connectivity index (χ3n) is 6.76. The van der Waals surface area contributed by atoms with Gasteiger partial charge < -0.3 is 14.5 Å². The van der Waals surface area contributed by atoms with Gasteiger partial charge in [0.05, 0.1) is 12.0 Å². The Balaban J connectivity index is 1.53. The average molecular weight is 418 g/mol. The van der Waals surface area contributed by atoms with Crippen molar-refractivity contribution in [2.75, 3.05) is 5.32 Å². The number of hydrogen-bond donors (Lipinski definition) is 1. The minimum atomic E-state index is -0.378. The minimum Gasteiger partial charge on any atom is -0.486 e. The van der Waals surface area contributed by atoms with Crippen LogP contribution < -0.4 is 10.1 Å². The van der Waals surface area contributed by atoms with E-state index in [-0.39, 0.29) is 23.1 Å². The molecule has 1 amide bonds. The zero-order valence-electron chi connectivity index (χ0n) is 18.0. The third-order valence-corrected chi connectivity index (χ3v) is 6.76. The van der Waals surface area contributed by atoms with Gasteiger partial charge in [0.15, 0.2) is 11.5 Å². The maximum absolute atomic E-state index is 13.3. The highest BCUT2D eigenvalue weighted by Gasteiger charge is 2.42. The van der Waals surface area contributed by atoms with Gasteiger partial charge in [-0.1, -0.05) is 31.0 Å². The van der Waals surface area contributed by atoms with Crippen molar-refractivity contribution in [2.45, 2.75) is 64.4 Å². The Morgan fingerprint density at radius 2 is 1.74 bits per heavy atom. The van der Waals surface area contributed by atoms with Crippen LogP contribution >= 0.6 is 0 Å². The molecule has 2 heterocycles. The number of nitrogens with one attached hydrogen (secondary N) is 1. The second kappa shape index (κ2) is 7.56. The Hall–Kier alpha value is -3.08. The largest absolute Gasteiger partial charge is 0.486 e. The molecule has 2 aliphatic rings. The molecule has 5 rings (SSSR count). The van der Waals surface area contributed by atoms with E-state index in [9.17, 15) is 9.59 Å². The number of ether oxygens (including phenoxy) is 1. The fourth-order valence-electron chi connectivity index (χ4n) is 5.09. The Morgan fingerprint density at radius 3 is 2.48 bits per heavy atom. The number of amides is 1. The van der Waals surface area contributed by atoms with E-state index in [0.29, 0.717) is 34.3 Å². The van der Waals surface area contributed by atoms with Gasteiger partial charge in [-0.15, -0.1) is 0 Å². The molecule has 1 saturated carbocycles. The van der Waals surface area contributed by atoms with Crippen LogP contribution in [0.1, 0.15) is 77.0 Å². The molecular formula is C26H27NO4. The number of rotatable bonds is 2. The van der Waals surface area contributed by atoms with E-state index in [4.69, 9.17) is 9.15 Å². The van der Waals surface area contributed by atoms with Crippen molar-refractivity contribution in [1.82, 2.24) is 0 Å². The first-order valence-corrected chi connectivity index (χ1v) is 11.1. The average Bonchev–Trinajstić information content (AvgIpc) is 2.93. The molecule has 31 heavy (non-hydrogen) atoms. The number of Topliss-reactive ketones (excluding diaryl/α,β-unsaturated/α-hetero) is 1. The summed E-state index contributed by atoms with van der Waals surface area (Å²) in [6.07, 6.45) is 6.83. The number of carbonyl (C=O) groups is 2. The van der Waals surface area contributed by atoms with Gasteiger partial charge in [0, 0.05) is 16.6 Å². The van der Waals surface area contributed by atoms with Crippen molar-refractivity contribution in [3.8, 4) is 5.75 Å². The van der Waals surface area contributed by atoms with Crippen molar-refractivity contribution < 1.29 is 18.7 Å². The van der Waals surface area contributed by atoms with Crippen LogP contribution in [-0.2, 0) is 0 Å². The van der Waals surface area contributed by atoms with E-state index < -0.39 is 0 Å². The lowest BCUT2D eigenvalue weighted by Crippen LogP contribution is -2.41. The highest BCUT2D eigenvalue weighted by atomic mass is 16.5. The highest BCUT2D eigenvalue weighted by Crippen LogP contribution is 2.44. The molecule has 1 aliphatic heterocycles. The lowest BCUT2D eigenvalue weighted by molar-refractivity contribution is 0.0301. The molecule has 160 valence electrons. The Kier molecular flexibility index (Phi) is 4.84. The van der Waals surface area contributed by atoms with Gasteiger partial charge in [0.1, 0.15) is 16.9 Å². The number of hydrogen-bond acceptors (Lipinski definition) is 4. The molecule has 0 radical (unpaired) electrons. The lowest BCUT2D eigenvalue weighted by Gasteiger charge is -2.37. The predicted octanol–water partition coefficient (Wildman–Crippen LogP) is 6.36. The Morgan fingerprint density at radius 1 is 1.00 bits per heavy atom. The zero-order valence-corrected chi connectivity index (χ0v) is 18.0. The predicted molar refractivity (Wildman–Crippen MR) is 120 cm³/mol. The van der Waals surface area contributed by atoms with Crippen molar-refractivity contribution in [2.24, 2.45) is 0 Å². The molecule has 1 aliphatic carbocycles. The van der Waals surface area contributed by atoms with E-state index in [1.165, 1.54) is 12.8 Å². The molecule has 1 N–H and O–H groups in total. The van der Waals surface area contributed by atoms with Crippen LogP contribution in [0, 0.1) is 13.8 Å². The molecule has 1 aromatic heterocycles. The topological polar surface area (TPSA) is 68.5 Å². The summed E-state index contributed by atoms with van der Waals surface area (Å²) in [7, 11) is 0. The van der Waals surface area contributed by atoms with E-state index in [1.54, 1.807) is 0 Å². The normalized spacial score (nSPS) is 17.8. The molecule has 0 unspecified atom stereocenters. The molecule has 3 aromatic rings. The number of fused-ring (bicyclic) bond motifs is 3. The van der Waals surface area contributed by atoms with Crippen LogP contribution in [0.4, 0.5) is 5.69 Å². The van der Waals surface area contributed by atoms with Crippen LogP contribution in [-0.4, -0.2) is 17.3 Å². The maximum Gasteiger partial charge on any atom is 0.291 e. The first-order valence-electron chi connectivity index (χ1n) is 11.1. The van der Waals surface area contributed by atoms with Crippen molar-refractivity contribution in [1.29, 1.82) is 0 Å². The third kappa shape index (κ3) is 3.42. The van der Waals surface area contributed by atoms with Crippen molar-refractivity contribution >= 4 is 28.3 Å². The summed E-state index contributed by atoms with van der Waals surface area (Å²) in [5.74, 6) is 0.624. The SMILES string of the molecule is Cc1ccccc1NC(=O)c1oc2ccc3c(c2c1C)C(=O)CC1(CCCCCC1)O3. The molecule has 0 atom stereocenters. The van der Waals surface area contributed by atoms with Crippen molar-refractivity contribution in [3.05, 3.63) is 58.8 Å². The minimum absolute atomic E-state index is 0.0866. The second-order valence-corrected chi connectivity index (χ2v) is 8.94. The van der Waals surface area contributed by atoms with Crippen LogP contribution in [0.15, 0.2) is 40.8 Å². The summed E-state index contributed by atoms with van der Waals surface area (Å²) in [6.45, 7) is 3.78. The standard InChI is InChI=1S/C26H27NO4/c1-16-9-5-6-10-18(16)27-25(29)24-17(2)22-20(30-24)11-12-21-23(22)19(28)15-26(31-21)13-7-3-4-8-14-26/h5-6,9-12H,3-4,7-8,13-15H2,1-2H3,(H,27,29). The van der Waals surface area contributed by atoms with Gasteiger partial charge in [-0.25, -0.2) is 0 Å². The van der Waals surface area contributed by atoms with Gasteiger partial charge in [-0.3, -0.25) is 9.59 Å². The number of aryl methyl sites for hydroxylation is 2. The smallest absolute Gasteiger partial charge is 0.291 e. The van der Waals surface area contributed by atoms with Gasteiger partial charge >= 0.3 is 0 Å². The van der Waals surface area contributed by atoms with Crippen molar-refractivity contribution in [3.63, 3.8) is 0 Å². The van der Waals surface area contributed by atoms with Crippen LogP contribution in [0.2, 0.25) is 0 Å².